The monoisotopic (exact) mass is 234 g/mol. The maximum Gasteiger partial charge on any atom is 0.0964 e. The van der Waals surface area contributed by atoms with E-state index in [1.165, 1.54) is 44.9 Å². The highest BCUT2D eigenvalue weighted by Gasteiger charge is 2.20. The maximum absolute atomic E-state index is 4.28. The number of nitrogens with one attached hydrogen (secondary N) is 1. The first-order valence-electron chi connectivity index (χ1n) is 7.03. The average Bonchev–Trinajstić information content (AvgIpc) is 3.07. The van der Waals surface area contributed by atoms with Crippen molar-refractivity contribution in [1.29, 1.82) is 0 Å². The molecule has 17 heavy (non-hydrogen) atoms. The first kappa shape index (κ1) is 11.2. The lowest BCUT2D eigenvalue weighted by molar-refractivity contribution is 0.324. The highest BCUT2D eigenvalue weighted by atomic mass is 15.4. The fourth-order valence-corrected chi connectivity index (χ4v) is 2.64. The number of hydrogen-bond acceptors (Lipinski definition) is 3. The summed E-state index contributed by atoms with van der Waals surface area (Å²) in [6.45, 7) is 2.03. The van der Waals surface area contributed by atoms with Gasteiger partial charge in [-0.25, -0.2) is 4.68 Å². The van der Waals surface area contributed by atoms with Crippen molar-refractivity contribution in [3.63, 3.8) is 0 Å². The summed E-state index contributed by atoms with van der Waals surface area (Å²) in [5.74, 6) is 0.934. The lowest BCUT2D eigenvalue weighted by Crippen LogP contribution is -2.16. The zero-order valence-corrected chi connectivity index (χ0v) is 10.4. The molecule has 94 valence electrons. The van der Waals surface area contributed by atoms with Gasteiger partial charge < -0.3 is 5.32 Å². The molecule has 4 heteroatoms. The molecule has 2 fully saturated rings. The van der Waals surface area contributed by atoms with E-state index in [0.717, 1.165) is 24.7 Å². The van der Waals surface area contributed by atoms with Crippen molar-refractivity contribution in [2.24, 2.45) is 5.92 Å². The zero-order valence-electron chi connectivity index (χ0n) is 10.4. The Morgan fingerprint density at radius 2 is 2.00 bits per heavy atom. The Labute approximate surface area is 103 Å². The van der Waals surface area contributed by atoms with Crippen LogP contribution >= 0.6 is 0 Å². The Balaban J connectivity index is 1.49. The molecule has 0 radical (unpaired) electrons. The van der Waals surface area contributed by atoms with Gasteiger partial charge >= 0.3 is 0 Å². The highest BCUT2D eigenvalue weighted by Crippen LogP contribution is 2.28. The van der Waals surface area contributed by atoms with Gasteiger partial charge in [-0.1, -0.05) is 24.5 Å². The van der Waals surface area contributed by atoms with Gasteiger partial charge in [0.25, 0.3) is 0 Å². The van der Waals surface area contributed by atoms with E-state index in [1.807, 2.05) is 0 Å². The van der Waals surface area contributed by atoms with Crippen LogP contribution in [0.2, 0.25) is 0 Å². The lowest BCUT2D eigenvalue weighted by Gasteiger charge is -2.20. The normalized spacial score (nSPS) is 21.9. The second-order valence-corrected chi connectivity index (χ2v) is 5.56. The third-order valence-corrected chi connectivity index (χ3v) is 3.94. The Morgan fingerprint density at radius 3 is 2.76 bits per heavy atom. The quantitative estimate of drug-likeness (QED) is 0.850. The fraction of sp³-hybridized carbons (Fsp3) is 0.846. The summed E-state index contributed by atoms with van der Waals surface area (Å²) >= 11 is 0. The number of aromatic nitrogens is 3. The molecular formula is C13H22N4. The molecule has 0 aliphatic heterocycles. The van der Waals surface area contributed by atoms with Crippen LogP contribution in [0.3, 0.4) is 0 Å². The van der Waals surface area contributed by atoms with Crippen molar-refractivity contribution < 1.29 is 0 Å². The minimum absolute atomic E-state index is 0.605. The van der Waals surface area contributed by atoms with Crippen LogP contribution in [0.25, 0.3) is 0 Å². The Morgan fingerprint density at radius 1 is 1.18 bits per heavy atom. The zero-order chi connectivity index (χ0) is 11.5. The first-order valence-corrected chi connectivity index (χ1v) is 7.03. The van der Waals surface area contributed by atoms with Gasteiger partial charge in [0.05, 0.1) is 17.9 Å². The molecular weight excluding hydrogens is 212 g/mol. The van der Waals surface area contributed by atoms with Gasteiger partial charge in [0.2, 0.25) is 0 Å². The number of rotatable bonds is 5. The van der Waals surface area contributed by atoms with Gasteiger partial charge in [-0.3, -0.25) is 0 Å². The summed E-state index contributed by atoms with van der Waals surface area (Å²) in [7, 11) is 0. The second kappa shape index (κ2) is 5.17. The van der Waals surface area contributed by atoms with Gasteiger partial charge in [-0.15, -0.1) is 5.10 Å². The van der Waals surface area contributed by atoms with Crippen molar-refractivity contribution in [3.8, 4) is 0 Å². The molecule has 3 rings (SSSR count). The van der Waals surface area contributed by atoms with E-state index in [2.05, 4.69) is 26.5 Å². The van der Waals surface area contributed by atoms with E-state index in [4.69, 9.17) is 0 Å². The molecule has 4 nitrogen and oxygen atoms in total. The van der Waals surface area contributed by atoms with E-state index in [0.29, 0.717) is 6.04 Å². The van der Waals surface area contributed by atoms with Crippen LogP contribution in [0.15, 0.2) is 6.20 Å². The number of nitrogens with zero attached hydrogens (tertiary/aromatic N) is 3. The molecule has 2 aliphatic carbocycles. The van der Waals surface area contributed by atoms with Crippen molar-refractivity contribution in [3.05, 3.63) is 11.9 Å². The van der Waals surface area contributed by atoms with Crippen LogP contribution in [-0.2, 0) is 6.54 Å². The molecule has 0 bridgehead atoms. The van der Waals surface area contributed by atoms with Gasteiger partial charge in [0.15, 0.2) is 0 Å². The summed E-state index contributed by atoms with van der Waals surface area (Å²) in [6.07, 6.45) is 11.6. The molecule has 1 heterocycles. The van der Waals surface area contributed by atoms with Crippen molar-refractivity contribution >= 4 is 0 Å². The molecule has 0 spiro atoms. The summed E-state index contributed by atoms with van der Waals surface area (Å²) in [5.41, 5.74) is 1.09. The van der Waals surface area contributed by atoms with Crippen LogP contribution in [0.1, 0.15) is 56.7 Å². The van der Waals surface area contributed by atoms with Crippen molar-refractivity contribution in [1.82, 2.24) is 20.3 Å². The van der Waals surface area contributed by atoms with Crippen molar-refractivity contribution in [2.75, 3.05) is 6.54 Å². The minimum Gasteiger partial charge on any atom is -0.311 e. The van der Waals surface area contributed by atoms with Gasteiger partial charge in [0.1, 0.15) is 0 Å². The highest BCUT2D eigenvalue weighted by molar-refractivity contribution is 4.93. The SMILES string of the molecule is c1c(CNCC2CC2)nnn1C1CCCCC1. The van der Waals surface area contributed by atoms with Crippen LogP contribution in [-0.4, -0.2) is 21.5 Å². The summed E-state index contributed by atoms with van der Waals surface area (Å²) < 4.78 is 2.09. The Kier molecular flexibility index (Phi) is 3.41. The molecule has 0 saturated heterocycles. The van der Waals surface area contributed by atoms with E-state index >= 15 is 0 Å². The maximum atomic E-state index is 4.28. The lowest BCUT2D eigenvalue weighted by atomic mass is 9.96. The fourth-order valence-electron chi connectivity index (χ4n) is 2.64. The van der Waals surface area contributed by atoms with Gasteiger partial charge in [-0.05, 0) is 38.1 Å². The molecule has 1 aromatic heterocycles. The van der Waals surface area contributed by atoms with Crippen molar-refractivity contribution in [2.45, 2.75) is 57.5 Å². The Bertz CT molecular complexity index is 350. The van der Waals surface area contributed by atoms with Gasteiger partial charge in [-0.2, -0.15) is 0 Å². The molecule has 1 aromatic rings. The van der Waals surface area contributed by atoms with Crippen LogP contribution in [0.5, 0.6) is 0 Å². The molecule has 0 aromatic carbocycles. The largest absolute Gasteiger partial charge is 0.311 e. The van der Waals surface area contributed by atoms with E-state index in [9.17, 15) is 0 Å². The van der Waals surface area contributed by atoms with Crippen LogP contribution < -0.4 is 5.32 Å². The minimum atomic E-state index is 0.605. The second-order valence-electron chi connectivity index (χ2n) is 5.56. The third kappa shape index (κ3) is 3.06. The van der Waals surface area contributed by atoms with E-state index in [-0.39, 0.29) is 0 Å². The van der Waals surface area contributed by atoms with E-state index < -0.39 is 0 Å². The first-order chi connectivity index (χ1) is 8.42. The molecule has 0 unspecified atom stereocenters. The molecule has 2 saturated carbocycles. The summed E-state index contributed by atoms with van der Waals surface area (Å²) in [5, 5.41) is 12.0. The average molecular weight is 234 g/mol. The molecule has 0 amide bonds. The number of hydrogen-bond donors (Lipinski definition) is 1. The standard InChI is InChI=1S/C13H22N4/c1-2-4-13(5-3-1)17-10-12(15-16-17)9-14-8-11-6-7-11/h10-11,13-14H,1-9H2. The predicted octanol–water partition coefficient (Wildman–Crippen LogP) is 2.28. The topological polar surface area (TPSA) is 42.7 Å². The Hall–Kier alpha value is -0.900. The van der Waals surface area contributed by atoms with Crippen LogP contribution in [0.4, 0.5) is 0 Å². The molecule has 2 aliphatic rings. The summed E-state index contributed by atoms with van der Waals surface area (Å²) in [4.78, 5) is 0. The predicted molar refractivity (Wildman–Crippen MR) is 66.6 cm³/mol. The van der Waals surface area contributed by atoms with E-state index in [1.54, 1.807) is 0 Å². The molecule has 1 N–H and O–H groups in total. The molecule has 0 atom stereocenters. The van der Waals surface area contributed by atoms with Gasteiger partial charge in [0, 0.05) is 6.54 Å². The summed E-state index contributed by atoms with van der Waals surface area (Å²) in [6, 6.07) is 0.605. The smallest absolute Gasteiger partial charge is 0.0964 e. The third-order valence-electron chi connectivity index (χ3n) is 3.94. The van der Waals surface area contributed by atoms with Crippen LogP contribution in [0, 0.1) is 5.92 Å².